The Morgan fingerprint density at radius 3 is 2.95 bits per heavy atom. The third-order valence-corrected chi connectivity index (χ3v) is 3.79. The van der Waals surface area contributed by atoms with Crippen LogP contribution in [0.5, 0.6) is 0 Å². The monoisotopic (exact) mass is 331 g/mol. The van der Waals surface area contributed by atoms with Gasteiger partial charge in [-0.15, -0.1) is 0 Å². The molecule has 1 aliphatic rings. The summed E-state index contributed by atoms with van der Waals surface area (Å²) >= 11 is 3.38. The van der Waals surface area contributed by atoms with Crippen LogP contribution in [-0.4, -0.2) is 17.9 Å². The van der Waals surface area contributed by atoms with E-state index in [0.717, 1.165) is 28.1 Å². The van der Waals surface area contributed by atoms with Crippen molar-refractivity contribution in [2.45, 2.75) is 13.0 Å². The quantitative estimate of drug-likeness (QED) is 0.940. The van der Waals surface area contributed by atoms with E-state index in [4.69, 9.17) is 0 Å². The number of nitrogens with one attached hydrogen (secondary N) is 1. The van der Waals surface area contributed by atoms with E-state index in [2.05, 4.69) is 37.2 Å². The first-order valence-electron chi connectivity index (χ1n) is 6.36. The number of amides is 1. The van der Waals surface area contributed by atoms with Crippen molar-refractivity contribution in [1.29, 1.82) is 0 Å². The number of hydrogen-bond donors (Lipinski definition) is 1. The second-order valence-corrected chi connectivity index (χ2v) is 5.82. The molecule has 0 bridgehead atoms. The molecule has 4 nitrogen and oxygen atoms in total. The number of pyridine rings is 1. The van der Waals surface area contributed by atoms with Crippen molar-refractivity contribution in [2.75, 3.05) is 17.3 Å². The molecular formula is C15H14BrN3O. The molecule has 0 saturated heterocycles. The fraction of sp³-hybridized carbons (Fsp3) is 0.200. The molecule has 0 atom stereocenters. The third kappa shape index (κ3) is 2.67. The van der Waals surface area contributed by atoms with E-state index in [1.807, 2.05) is 31.3 Å². The smallest absolute Gasteiger partial charge is 0.228 e. The Morgan fingerprint density at radius 2 is 2.20 bits per heavy atom. The van der Waals surface area contributed by atoms with Crippen LogP contribution in [-0.2, 0) is 17.8 Å². The number of benzene rings is 1. The number of carbonyl (C=O) groups excluding carboxylic acids is 1. The first-order chi connectivity index (χ1) is 9.61. The summed E-state index contributed by atoms with van der Waals surface area (Å²) in [5.74, 6) is 0.989. The van der Waals surface area contributed by atoms with Crippen LogP contribution in [0.4, 0.5) is 11.5 Å². The van der Waals surface area contributed by atoms with Gasteiger partial charge in [-0.1, -0.05) is 12.1 Å². The maximum Gasteiger partial charge on any atom is 0.228 e. The Kier molecular flexibility index (Phi) is 3.44. The molecule has 0 spiro atoms. The summed E-state index contributed by atoms with van der Waals surface area (Å²) in [7, 11) is 2.01. The highest BCUT2D eigenvalue weighted by Gasteiger charge is 2.17. The SMILES string of the molecule is CN(Cc1ccc2c(c1)CC(=O)N2)c1ccc(Br)cn1. The molecule has 1 aliphatic heterocycles. The van der Waals surface area contributed by atoms with Crippen LogP contribution in [0.1, 0.15) is 11.1 Å². The number of nitrogens with zero attached hydrogens (tertiary/aromatic N) is 2. The molecule has 1 N–H and O–H groups in total. The van der Waals surface area contributed by atoms with Crippen LogP contribution in [0.2, 0.25) is 0 Å². The van der Waals surface area contributed by atoms with Gasteiger partial charge >= 0.3 is 0 Å². The maximum atomic E-state index is 11.4. The van der Waals surface area contributed by atoms with Crippen molar-refractivity contribution >= 4 is 33.3 Å². The third-order valence-electron chi connectivity index (χ3n) is 3.32. The first-order valence-corrected chi connectivity index (χ1v) is 7.15. The molecule has 0 unspecified atom stereocenters. The second-order valence-electron chi connectivity index (χ2n) is 4.91. The zero-order valence-corrected chi connectivity index (χ0v) is 12.6. The van der Waals surface area contributed by atoms with Gasteiger partial charge in [0.15, 0.2) is 0 Å². The predicted molar refractivity (Wildman–Crippen MR) is 82.8 cm³/mol. The van der Waals surface area contributed by atoms with E-state index in [9.17, 15) is 4.79 Å². The summed E-state index contributed by atoms with van der Waals surface area (Å²) in [4.78, 5) is 17.8. The molecule has 0 fully saturated rings. The molecule has 1 aromatic carbocycles. The summed E-state index contributed by atoms with van der Waals surface area (Å²) in [6, 6.07) is 10.0. The van der Waals surface area contributed by atoms with Gasteiger partial charge in [0, 0.05) is 29.9 Å². The summed E-state index contributed by atoms with van der Waals surface area (Å²) in [5, 5.41) is 2.85. The number of fused-ring (bicyclic) bond motifs is 1. The number of rotatable bonds is 3. The van der Waals surface area contributed by atoms with Gasteiger partial charge in [0.1, 0.15) is 5.82 Å². The van der Waals surface area contributed by atoms with Gasteiger partial charge < -0.3 is 10.2 Å². The largest absolute Gasteiger partial charge is 0.355 e. The Morgan fingerprint density at radius 1 is 1.35 bits per heavy atom. The fourth-order valence-electron chi connectivity index (χ4n) is 2.33. The van der Waals surface area contributed by atoms with E-state index in [1.54, 1.807) is 6.20 Å². The standard InChI is InChI=1S/C15H14BrN3O/c1-19(14-5-3-12(16)8-17-14)9-10-2-4-13-11(6-10)7-15(20)18-13/h2-6,8H,7,9H2,1H3,(H,18,20). The van der Waals surface area contributed by atoms with Gasteiger partial charge in [-0.05, 0) is 45.3 Å². The van der Waals surface area contributed by atoms with Crippen LogP contribution in [0, 0.1) is 0 Å². The number of carbonyl (C=O) groups is 1. The van der Waals surface area contributed by atoms with Gasteiger partial charge in [-0.3, -0.25) is 4.79 Å². The van der Waals surface area contributed by atoms with Crippen molar-refractivity contribution in [3.8, 4) is 0 Å². The zero-order valence-electron chi connectivity index (χ0n) is 11.1. The topological polar surface area (TPSA) is 45.2 Å². The number of hydrogen-bond acceptors (Lipinski definition) is 3. The molecule has 0 saturated carbocycles. The van der Waals surface area contributed by atoms with Gasteiger partial charge in [-0.2, -0.15) is 0 Å². The molecule has 102 valence electrons. The van der Waals surface area contributed by atoms with Gasteiger partial charge in [-0.25, -0.2) is 4.98 Å². The highest BCUT2D eigenvalue weighted by Crippen LogP contribution is 2.25. The highest BCUT2D eigenvalue weighted by molar-refractivity contribution is 9.10. The predicted octanol–water partition coefficient (Wildman–Crippen LogP) is 2.98. The van der Waals surface area contributed by atoms with Gasteiger partial charge in [0.25, 0.3) is 0 Å². The van der Waals surface area contributed by atoms with E-state index in [-0.39, 0.29) is 5.91 Å². The lowest BCUT2D eigenvalue weighted by atomic mass is 10.1. The van der Waals surface area contributed by atoms with E-state index in [1.165, 1.54) is 5.56 Å². The van der Waals surface area contributed by atoms with Gasteiger partial charge in [0.2, 0.25) is 5.91 Å². The molecule has 0 aliphatic carbocycles. The van der Waals surface area contributed by atoms with E-state index >= 15 is 0 Å². The molecule has 2 aromatic rings. The Hall–Kier alpha value is -1.88. The Labute approximate surface area is 126 Å². The lowest BCUT2D eigenvalue weighted by Crippen LogP contribution is -2.17. The molecule has 5 heteroatoms. The molecule has 0 radical (unpaired) electrons. The number of halogens is 1. The van der Waals surface area contributed by atoms with Crippen molar-refractivity contribution < 1.29 is 4.79 Å². The van der Waals surface area contributed by atoms with Crippen LogP contribution in [0.3, 0.4) is 0 Å². The zero-order chi connectivity index (χ0) is 14.1. The minimum atomic E-state index is 0.0695. The first kappa shape index (κ1) is 13.1. The second kappa shape index (κ2) is 5.25. The summed E-state index contributed by atoms with van der Waals surface area (Å²) in [5.41, 5.74) is 3.18. The fourth-order valence-corrected chi connectivity index (χ4v) is 2.56. The van der Waals surface area contributed by atoms with Gasteiger partial charge in [0.05, 0.1) is 6.42 Å². The Balaban J connectivity index is 1.76. The average Bonchev–Trinajstić information content (AvgIpc) is 2.78. The summed E-state index contributed by atoms with van der Waals surface area (Å²) in [6.07, 6.45) is 2.26. The summed E-state index contributed by atoms with van der Waals surface area (Å²) in [6.45, 7) is 0.760. The molecule has 3 rings (SSSR count). The minimum absolute atomic E-state index is 0.0695. The lowest BCUT2D eigenvalue weighted by Gasteiger charge is -2.18. The molecule has 2 heterocycles. The van der Waals surface area contributed by atoms with Crippen molar-refractivity contribution in [2.24, 2.45) is 0 Å². The normalized spacial score (nSPS) is 13.0. The van der Waals surface area contributed by atoms with Crippen LogP contribution >= 0.6 is 15.9 Å². The highest BCUT2D eigenvalue weighted by atomic mass is 79.9. The minimum Gasteiger partial charge on any atom is -0.355 e. The van der Waals surface area contributed by atoms with E-state index < -0.39 is 0 Å². The number of anilines is 2. The van der Waals surface area contributed by atoms with Crippen molar-refractivity contribution in [1.82, 2.24) is 4.98 Å². The average molecular weight is 332 g/mol. The summed E-state index contributed by atoms with van der Waals surface area (Å²) < 4.78 is 0.969. The van der Waals surface area contributed by atoms with Crippen LogP contribution in [0.15, 0.2) is 41.0 Å². The lowest BCUT2D eigenvalue weighted by molar-refractivity contribution is -0.115. The van der Waals surface area contributed by atoms with E-state index in [0.29, 0.717) is 6.42 Å². The number of aromatic nitrogens is 1. The van der Waals surface area contributed by atoms with Crippen LogP contribution in [0.25, 0.3) is 0 Å². The van der Waals surface area contributed by atoms with Crippen LogP contribution < -0.4 is 10.2 Å². The molecule has 1 amide bonds. The molecule has 1 aromatic heterocycles. The van der Waals surface area contributed by atoms with Crippen molar-refractivity contribution in [3.05, 3.63) is 52.1 Å². The van der Waals surface area contributed by atoms with Crippen molar-refractivity contribution in [3.63, 3.8) is 0 Å². The Bertz CT molecular complexity index is 655. The molecular weight excluding hydrogens is 318 g/mol. The maximum absolute atomic E-state index is 11.4. The molecule has 20 heavy (non-hydrogen) atoms.